The molecule has 0 radical (unpaired) electrons. The summed E-state index contributed by atoms with van der Waals surface area (Å²) in [6, 6.07) is 1.65. The summed E-state index contributed by atoms with van der Waals surface area (Å²) < 4.78 is 0. The van der Waals surface area contributed by atoms with Crippen LogP contribution >= 0.6 is 0 Å². The Morgan fingerprint density at radius 3 is 2.59 bits per heavy atom. The van der Waals surface area contributed by atoms with Crippen molar-refractivity contribution in [3.05, 3.63) is 11.9 Å². The second kappa shape index (κ2) is 6.00. The van der Waals surface area contributed by atoms with Crippen molar-refractivity contribution in [2.75, 3.05) is 24.3 Å². The molecule has 0 atom stereocenters. The number of nitrogens with zero attached hydrogens (tertiary/aromatic N) is 2. The Kier molecular flexibility index (Phi) is 4.65. The van der Waals surface area contributed by atoms with Crippen molar-refractivity contribution in [3.8, 4) is 0 Å². The molecule has 0 unspecified atom stereocenters. The Bertz CT molecular complexity index is 392. The van der Waals surface area contributed by atoms with E-state index in [0.717, 1.165) is 0 Å². The zero-order valence-corrected chi connectivity index (χ0v) is 10.2. The molecule has 7 heteroatoms. The second-order valence-corrected chi connectivity index (χ2v) is 3.82. The lowest BCUT2D eigenvalue weighted by molar-refractivity contribution is -0.118. The molecule has 1 rings (SSSR count). The Balaban J connectivity index is 2.83. The molecular weight excluding hydrogens is 220 g/mol. The fourth-order valence-corrected chi connectivity index (χ4v) is 1.15. The molecule has 5 N–H and O–H groups in total. The van der Waals surface area contributed by atoms with E-state index in [1.54, 1.807) is 13.1 Å². The molecule has 1 heterocycles. The van der Waals surface area contributed by atoms with E-state index >= 15 is 0 Å². The van der Waals surface area contributed by atoms with Gasteiger partial charge in [0.05, 0.1) is 6.54 Å². The van der Waals surface area contributed by atoms with Gasteiger partial charge in [-0.15, -0.1) is 0 Å². The van der Waals surface area contributed by atoms with Gasteiger partial charge < -0.3 is 16.1 Å². The van der Waals surface area contributed by atoms with Crippen molar-refractivity contribution in [2.24, 2.45) is 5.84 Å². The second-order valence-electron chi connectivity index (χ2n) is 3.82. The van der Waals surface area contributed by atoms with Crippen molar-refractivity contribution >= 4 is 17.5 Å². The normalized spacial score (nSPS) is 10.2. The Morgan fingerprint density at radius 2 is 2.06 bits per heavy atom. The average Bonchev–Trinajstić information content (AvgIpc) is 2.35. The number of nitrogens with one attached hydrogen (secondary N) is 3. The monoisotopic (exact) mass is 238 g/mol. The molecule has 0 spiro atoms. The van der Waals surface area contributed by atoms with Gasteiger partial charge in [0.1, 0.15) is 17.5 Å². The van der Waals surface area contributed by atoms with E-state index < -0.39 is 0 Å². The molecule has 0 saturated carbocycles. The molecule has 0 aliphatic carbocycles. The molecule has 7 nitrogen and oxygen atoms in total. The maximum atomic E-state index is 11.1. The third-order valence-electron chi connectivity index (χ3n) is 2.12. The maximum Gasteiger partial charge on any atom is 0.239 e. The van der Waals surface area contributed by atoms with E-state index in [4.69, 9.17) is 5.84 Å². The highest BCUT2D eigenvalue weighted by atomic mass is 16.1. The molecule has 0 fully saturated rings. The molecule has 0 bridgehead atoms. The Hall–Kier alpha value is -1.89. The van der Waals surface area contributed by atoms with Crippen molar-refractivity contribution in [2.45, 2.75) is 19.8 Å². The SMILES string of the molecule is CNC(=O)CNc1cc(NN)nc(C(C)C)n1. The summed E-state index contributed by atoms with van der Waals surface area (Å²) in [5.74, 6) is 7.15. The van der Waals surface area contributed by atoms with Crippen LogP contribution < -0.4 is 21.9 Å². The zero-order valence-electron chi connectivity index (χ0n) is 10.2. The minimum absolute atomic E-state index is 0.114. The number of hydrogen-bond acceptors (Lipinski definition) is 6. The van der Waals surface area contributed by atoms with E-state index in [1.807, 2.05) is 13.8 Å². The van der Waals surface area contributed by atoms with Crippen molar-refractivity contribution in [1.29, 1.82) is 0 Å². The van der Waals surface area contributed by atoms with Crippen LogP contribution in [-0.2, 0) is 4.79 Å². The number of hydrogen-bond donors (Lipinski definition) is 4. The van der Waals surface area contributed by atoms with E-state index in [1.165, 1.54) is 0 Å². The fraction of sp³-hybridized carbons (Fsp3) is 0.500. The average molecular weight is 238 g/mol. The lowest BCUT2D eigenvalue weighted by Gasteiger charge is -2.10. The lowest BCUT2D eigenvalue weighted by Crippen LogP contribution is -2.26. The molecule has 0 saturated heterocycles. The number of aromatic nitrogens is 2. The minimum atomic E-state index is -0.114. The first-order chi connectivity index (χ1) is 8.06. The summed E-state index contributed by atoms with van der Waals surface area (Å²) in [5, 5.41) is 5.42. The number of anilines is 2. The van der Waals surface area contributed by atoms with Crippen molar-refractivity contribution in [1.82, 2.24) is 15.3 Å². The highest BCUT2D eigenvalue weighted by molar-refractivity contribution is 5.80. The van der Waals surface area contributed by atoms with Gasteiger partial charge in [-0.2, -0.15) is 0 Å². The fourth-order valence-electron chi connectivity index (χ4n) is 1.15. The highest BCUT2D eigenvalue weighted by Crippen LogP contribution is 2.15. The van der Waals surface area contributed by atoms with Gasteiger partial charge in [0.15, 0.2) is 0 Å². The first-order valence-corrected chi connectivity index (χ1v) is 5.37. The predicted molar refractivity (Wildman–Crippen MR) is 66.5 cm³/mol. The van der Waals surface area contributed by atoms with Gasteiger partial charge >= 0.3 is 0 Å². The number of carbonyl (C=O) groups excluding carboxylic acids is 1. The number of nitrogens with two attached hydrogens (primary N) is 1. The van der Waals surface area contributed by atoms with Gasteiger partial charge in [0.25, 0.3) is 0 Å². The van der Waals surface area contributed by atoms with Crippen LogP contribution in [0.15, 0.2) is 6.07 Å². The summed E-state index contributed by atoms with van der Waals surface area (Å²) in [5.41, 5.74) is 2.47. The summed E-state index contributed by atoms with van der Waals surface area (Å²) in [7, 11) is 1.58. The van der Waals surface area contributed by atoms with Gasteiger partial charge in [0.2, 0.25) is 5.91 Å². The molecule has 94 valence electrons. The van der Waals surface area contributed by atoms with Gasteiger partial charge in [-0.25, -0.2) is 15.8 Å². The highest BCUT2D eigenvalue weighted by Gasteiger charge is 2.08. The number of nitrogen functional groups attached to an aromatic ring is 1. The van der Waals surface area contributed by atoms with Crippen LogP contribution in [0.5, 0.6) is 0 Å². The third kappa shape index (κ3) is 3.87. The predicted octanol–water partition coefficient (Wildman–Crippen LogP) is 0.0435. The quantitative estimate of drug-likeness (QED) is 0.426. The van der Waals surface area contributed by atoms with Crippen LogP contribution in [0.25, 0.3) is 0 Å². The molecule has 0 aliphatic rings. The lowest BCUT2D eigenvalue weighted by atomic mass is 10.2. The Morgan fingerprint density at radius 1 is 1.41 bits per heavy atom. The van der Waals surface area contributed by atoms with Gasteiger partial charge in [-0.1, -0.05) is 13.8 Å². The number of hydrazine groups is 1. The number of amides is 1. The van der Waals surface area contributed by atoms with E-state index in [9.17, 15) is 4.79 Å². The topological polar surface area (TPSA) is 105 Å². The van der Waals surface area contributed by atoms with Gasteiger partial charge in [0, 0.05) is 19.0 Å². The maximum absolute atomic E-state index is 11.1. The molecular formula is C10H18N6O. The molecule has 0 aliphatic heterocycles. The summed E-state index contributed by atoms with van der Waals surface area (Å²) in [6.07, 6.45) is 0. The Labute approximate surface area is 100 Å². The smallest absolute Gasteiger partial charge is 0.239 e. The zero-order chi connectivity index (χ0) is 12.8. The summed E-state index contributed by atoms with van der Waals surface area (Å²) >= 11 is 0. The van der Waals surface area contributed by atoms with Crippen molar-refractivity contribution in [3.63, 3.8) is 0 Å². The van der Waals surface area contributed by atoms with Gasteiger partial charge in [-0.05, 0) is 0 Å². The van der Waals surface area contributed by atoms with Gasteiger partial charge in [-0.3, -0.25) is 4.79 Å². The largest absolute Gasteiger partial charge is 0.361 e. The summed E-state index contributed by atoms with van der Waals surface area (Å²) in [4.78, 5) is 19.6. The molecule has 17 heavy (non-hydrogen) atoms. The van der Waals surface area contributed by atoms with Crippen LogP contribution in [0.3, 0.4) is 0 Å². The van der Waals surface area contributed by atoms with E-state index in [2.05, 4.69) is 26.0 Å². The number of carbonyl (C=O) groups is 1. The van der Waals surface area contributed by atoms with Crippen LogP contribution in [0.2, 0.25) is 0 Å². The molecule has 0 aromatic carbocycles. The van der Waals surface area contributed by atoms with Crippen LogP contribution in [0, 0.1) is 0 Å². The van der Waals surface area contributed by atoms with Crippen LogP contribution in [0.4, 0.5) is 11.6 Å². The standard InChI is InChI=1S/C10H18N6O/c1-6(2)10-14-7(4-8(15-10)16-11)13-5-9(17)12-3/h4,6H,5,11H2,1-3H3,(H,12,17)(H2,13,14,15,16). The number of rotatable bonds is 5. The first-order valence-electron chi connectivity index (χ1n) is 5.37. The molecule has 1 amide bonds. The number of likely N-dealkylation sites (N-methyl/N-ethyl adjacent to an activating group) is 1. The van der Waals surface area contributed by atoms with E-state index in [-0.39, 0.29) is 18.4 Å². The molecule has 1 aromatic heterocycles. The molecule has 1 aromatic rings. The minimum Gasteiger partial charge on any atom is -0.361 e. The van der Waals surface area contributed by atoms with E-state index in [0.29, 0.717) is 17.5 Å². The van der Waals surface area contributed by atoms with Crippen molar-refractivity contribution < 1.29 is 4.79 Å². The van der Waals surface area contributed by atoms with Crippen LogP contribution in [0.1, 0.15) is 25.6 Å². The third-order valence-corrected chi connectivity index (χ3v) is 2.12. The summed E-state index contributed by atoms with van der Waals surface area (Å²) in [6.45, 7) is 4.13. The van der Waals surface area contributed by atoms with Crippen LogP contribution in [-0.4, -0.2) is 29.5 Å². The first kappa shape index (κ1) is 13.2.